The molecule has 0 saturated carbocycles. The van der Waals surface area contributed by atoms with Crippen molar-refractivity contribution >= 4 is 17.6 Å². The Labute approximate surface area is 121 Å². The fraction of sp³-hybridized carbons (Fsp3) is 0.385. The maximum Gasteiger partial charge on any atom is 0.335 e. The van der Waals surface area contributed by atoms with Crippen molar-refractivity contribution in [2.24, 2.45) is 10.3 Å². The Bertz CT molecular complexity index is 557. The third kappa shape index (κ3) is 2.78. The van der Waals surface area contributed by atoms with Gasteiger partial charge in [0.2, 0.25) is 6.04 Å². The lowest BCUT2D eigenvalue weighted by Crippen LogP contribution is -2.46. The van der Waals surface area contributed by atoms with E-state index in [9.17, 15) is 9.59 Å². The maximum absolute atomic E-state index is 11.9. The number of methoxy groups -OCH3 is 3. The van der Waals surface area contributed by atoms with E-state index in [4.69, 9.17) is 9.47 Å². The van der Waals surface area contributed by atoms with Crippen LogP contribution in [-0.4, -0.2) is 45.4 Å². The van der Waals surface area contributed by atoms with E-state index >= 15 is 0 Å². The molecule has 0 aromatic heterocycles. The van der Waals surface area contributed by atoms with E-state index in [1.165, 1.54) is 19.2 Å². The lowest BCUT2D eigenvalue weighted by molar-refractivity contribution is -0.149. The fourth-order valence-electron chi connectivity index (χ4n) is 1.96. The molecule has 0 bridgehead atoms. The molecule has 0 N–H and O–H groups in total. The first-order valence-electron chi connectivity index (χ1n) is 6.12. The first kappa shape index (κ1) is 14.8. The predicted octanol–water partition coefficient (Wildman–Crippen LogP) is 0.966. The molecule has 0 radical (unpaired) electrons. The van der Waals surface area contributed by atoms with Gasteiger partial charge in [-0.15, -0.1) is 0 Å². The van der Waals surface area contributed by atoms with Crippen molar-refractivity contribution < 1.29 is 23.8 Å². The molecule has 0 saturated heterocycles. The molecular weight excluding hydrogens is 278 g/mol. The summed E-state index contributed by atoms with van der Waals surface area (Å²) < 4.78 is 14.4. The van der Waals surface area contributed by atoms with Gasteiger partial charge in [-0.25, -0.2) is 14.6 Å². The minimum Gasteiger partial charge on any atom is -0.497 e. The van der Waals surface area contributed by atoms with E-state index in [0.717, 1.165) is 0 Å². The van der Waals surface area contributed by atoms with Gasteiger partial charge in [-0.2, -0.15) is 5.11 Å². The number of esters is 2. The molecule has 8 nitrogen and oxygen atoms in total. The third-order valence-corrected chi connectivity index (χ3v) is 3.06. The second-order valence-corrected chi connectivity index (χ2v) is 4.18. The van der Waals surface area contributed by atoms with Crippen molar-refractivity contribution in [3.63, 3.8) is 0 Å². The maximum atomic E-state index is 11.9. The minimum absolute atomic E-state index is 0.585. The summed E-state index contributed by atoms with van der Waals surface area (Å²) >= 11 is 0. The number of ether oxygens (including phenoxy) is 3. The molecule has 112 valence electrons. The highest BCUT2D eigenvalue weighted by molar-refractivity contribution is 5.90. The van der Waals surface area contributed by atoms with Gasteiger partial charge in [0.25, 0.3) is 0 Å². The molecule has 0 spiro atoms. The van der Waals surface area contributed by atoms with Crippen LogP contribution >= 0.6 is 0 Å². The van der Waals surface area contributed by atoms with Gasteiger partial charge in [-0.05, 0) is 24.3 Å². The van der Waals surface area contributed by atoms with Gasteiger partial charge in [0.05, 0.1) is 27.0 Å². The molecule has 0 unspecified atom stereocenters. The van der Waals surface area contributed by atoms with Gasteiger partial charge in [0.1, 0.15) is 5.75 Å². The summed E-state index contributed by atoms with van der Waals surface area (Å²) in [5.41, 5.74) is 0.585. The Kier molecular flexibility index (Phi) is 4.36. The topological polar surface area (TPSA) is 89.8 Å². The van der Waals surface area contributed by atoms with Gasteiger partial charge < -0.3 is 14.2 Å². The van der Waals surface area contributed by atoms with Crippen LogP contribution in [0.5, 0.6) is 5.75 Å². The van der Waals surface area contributed by atoms with E-state index in [2.05, 4.69) is 15.1 Å². The van der Waals surface area contributed by atoms with Crippen molar-refractivity contribution in [3.8, 4) is 5.75 Å². The molecule has 0 amide bonds. The van der Waals surface area contributed by atoms with Crippen molar-refractivity contribution in [3.05, 3.63) is 24.3 Å². The number of hydrogen-bond acceptors (Lipinski definition) is 8. The van der Waals surface area contributed by atoms with Crippen LogP contribution in [0.1, 0.15) is 0 Å². The molecule has 1 aliphatic heterocycles. The lowest BCUT2D eigenvalue weighted by Gasteiger charge is -2.22. The normalized spacial score (nSPS) is 20.2. The molecular formula is C13H15N3O5. The molecule has 2 atom stereocenters. The van der Waals surface area contributed by atoms with Crippen LogP contribution in [0.25, 0.3) is 0 Å². The van der Waals surface area contributed by atoms with Crippen molar-refractivity contribution in [2.45, 2.75) is 12.1 Å². The number of carbonyl (C=O) groups is 2. The Morgan fingerprint density at radius 2 is 1.67 bits per heavy atom. The third-order valence-electron chi connectivity index (χ3n) is 3.06. The Morgan fingerprint density at radius 1 is 1.05 bits per heavy atom. The van der Waals surface area contributed by atoms with Crippen molar-refractivity contribution in [2.75, 3.05) is 26.3 Å². The van der Waals surface area contributed by atoms with Crippen molar-refractivity contribution in [1.29, 1.82) is 0 Å². The van der Waals surface area contributed by atoms with E-state index in [-0.39, 0.29) is 0 Å². The summed E-state index contributed by atoms with van der Waals surface area (Å²) in [5.74, 6) is -0.606. The van der Waals surface area contributed by atoms with E-state index in [0.29, 0.717) is 11.4 Å². The van der Waals surface area contributed by atoms with Gasteiger partial charge in [-0.3, -0.25) is 0 Å². The molecule has 1 aliphatic rings. The smallest absolute Gasteiger partial charge is 0.335 e. The molecule has 1 heterocycles. The standard InChI is InChI=1S/C13H15N3O5/c1-19-9-6-4-8(5-7-9)16-11(13(18)21-3)10(14-15-16)12(17)20-2/h4-7,10-11H,1-3H3/t10-,11-/m1/s1. The van der Waals surface area contributed by atoms with Crippen LogP contribution in [0.4, 0.5) is 5.69 Å². The second-order valence-electron chi connectivity index (χ2n) is 4.18. The summed E-state index contributed by atoms with van der Waals surface area (Å²) in [5, 5.41) is 9.01. The summed E-state index contributed by atoms with van der Waals surface area (Å²) in [6.07, 6.45) is 0. The van der Waals surface area contributed by atoms with Crippen LogP contribution in [-0.2, 0) is 19.1 Å². The average molecular weight is 293 g/mol. The monoisotopic (exact) mass is 293 g/mol. The summed E-state index contributed by atoms with van der Waals surface area (Å²) in [6, 6.07) is 4.79. The van der Waals surface area contributed by atoms with E-state index in [1.807, 2.05) is 0 Å². The van der Waals surface area contributed by atoms with E-state index < -0.39 is 24.0 Å². The lowest BCUT2D eigenvalue weighted by atomic mass is 10.1. The Morgan fingerprint density at radius 3 is 2.19 bits per heavy atom. The van der Waals surface area contributed by atoms with Gasteiger partial charge >= 0.3 is 11.9 Å². The highest BCUT2D eigenvalue weighted by atomic mass is 16.5. The largest absolute Gasteiger partial charge is 0.497 e. The Hall–Kier alpha value is -2.64. The number of nitrogens with zero attached hydrogens (tertiary/aromatic N) is 3. The molecule has 1 aromatic carbocycles. The first-order chi connectivity index (χ1) is 10.1. The van der Waals surface area contributed by atoms with Crippen LogP contribution in [0.2, 0.25) is 0 Å². The zero-order valence-corrected chi connectivity index (χ0v) is 11.8. The number of hydrogen-bond donors (Lipinski definition) is 0. The van der Waals surface area contributed by atoms with Crippen LogP contribution in [0.3, 0.4) is 0 Å². The average Bonchev–Trinajstić information content (AvgIpc) is 2.98. The molecule has 8 heteroatoms. The molecule has 21 heavy (non-hydrogen) atoms. The summed E-state index contributed by atoms with van der Waals surface area (Å²) in [4.78, 5) is 23.6. The predicted molar refractivity (Wildman–Crippen MR) is 71.9 cm³/mol. The quantitative estimate of drug-likeness (QED) is 0.768. The summed E-state index contributed by atoms with van der Waals surface area (Å²) in [6.45, 7) is 0. The number of rotatable bonds is 4. The van der Waals surface area contributed by atoms with Crippen LogP contribution in [0, 0.1) is 0 Å². The Balaban J connectivity index is 2.31. The molecule has 0 fully saturated rings. The van der Waals surface area contributed by atoms with Crippen LogP contribution < -0.4 is 9.75 Å². The number of anilines is 1. The molecule has 2 rings (SSSR count). The SMILES string of the molecule is COC(=O)[C@@H]1N=NN(c2ccc(OC)cc2)[C@H]1C(=O)OC. The summed E-state index contributed by atoms with van der Waals surface area (Å²) in [7, 11) is 4.01. The van der Waals surface area contributed by atoms with Crippen molar-refractivity contribution in [1.82, 2.24) is 0 Å². The van der Waals surface area contributed by atoms with Gasteiger partial charge in [-0.1, -0.05) is 5.22 Å². The highest BCUT2D eigenvalue weighted by Gasteiger charge is 2.45. The van der Waals surface area contributed by atoms with Gasteiger partial charge in [0.15, 0.2) is 6.04 Å². The minimum atomic E-state index is -1.05. The zero-order chi connectivity index (χ0) is 15.4. The zero-order valence-electron chi connectivity index (χ0n) is 11.8. The van der Waals surface area contributed by atoms with E-state index in [1.54, 1.807) is 31.4 Å². The number of benzene rings is 1. The molecule has 1 aromatic rings. The fourth-order valence-corrected chi connectivity index (χ4v) is 1.96. The first-order valence-corrected chi connectivity index (χ1v) is 6.12. The van der Waals surface area contributed by atoms with Gasteiger partial charge in [0, 0.05) is 0 Å². The second kappa shape index (κ2) is 6.21. The number of carbonyl (C=O) groups excluding carboxylic acids is 2. The highest BCUT2D eigenvalue weighted by Crippen LogP contribution is 2.28. The molecule has 0 aliphatic carbocycles. The van der Waals surface area contributed by atoms with Crippen LogP contribution in [0.15, 0.2) is 34.6 Å².